The summed E-state index contributed by atoms with van der Waals surface area (Å²) >= 11 is 0. The molecule has 86 valence electrons. The molecule has 0 saturated heterocycles. The molecule has 1 rings (SSSR count). The van der Waals surface area contributed by atoms with Crippen molar-refractivity contribution in [2.24, 2.45) is 0 Å². The molecule has 8 heteroatoms. The van der Waals surface area contributed by atoms with Gasteiger partial charge in [0.25, 0.3) is 0 Å². The first-order valence-electron chi connectivity index (χ1n) is 3.76. The maximum atomic E-state index is 12.9. The Morgan fingerprint density at radius 3 is 1.59 bits per heavy atom. The Morgan fingerprint density at radius 2 is 1.24 bits per heavy atom. The van der Waals surface area contributed by atoms with Gasteiger partial charge in [0.05, 0.1) is 11.5 Å². The molecule has 1 aromatic carbocycles. The minimum atomic E-state index is -2.30. The zero-order valence-electron chi connectivity index (χ0n) is 8.36. The summed E-state index contributed by atoms with van der Waals surface area (Å²) < 4.78 is 63.4. The summed E-state index contributed by atoms with van der Waals surface area (Å²) in [6.45, 7) is 0. The Morgan fingerprint density at radius 1 is 0.882 bits per heavy atom. The first-order chi connectivity index (χ1) is 7.36. The van der Waals surface area contributed by atoms with Gasteiger partial charge in [0, 0.05) is 0 Å². The number of halogens is 5. The first kappa shape index (κ1) is 16.1. The molecule has 0 radical (unpaired) electrons. The molecule has 0 bridgehead atoms. The van der Waals surface area contributed by atoms with Crippen LogP contribution in [-0.2, 0) is 4.79 Å². The fourth-order valence-corrected chi connectivity index (χ4v) is 0.920. The molecule has 17 heavy (non-hydrogen) atoms. The van der Waals surface area contributed by atoms with Gasteiger partial charge >= 0.3 is 29.6 Å². The van der Waals surface area contributed by atoms with E-state index >= 15 is 0 Å². The van der Waals surface area contributed by atoms with Gasteiger partial charge in [-0.05, 0) is 12.2 Å². The average Bonchev–Trinajstić information content (AvgIpc) is 2.23. The first-order valence-corrected chi connectivity index (χ1v) is 3.76. The number of carbonyl (C=O) groups excluding carboxylic acids is 1. The average molecular weight is 260 g/mol. The van der Waals surface area contributed by atoms with Crippen molar-refractivity contribution in [1.82, 2.24) is 0 Å². The second-order valence-corrected chi connectivity index (χ2v) is 2.64. The van der Waals surface area contributed by atoms with Crippen molar-refractivity contribution >= 4 is 12.0 Å². The molecule has 0 aliphatic carbocycles. The second kappa shape index (κ2) is 6.13. The van der Waals surface area contributed by atoms with Crippen LogP contribution in [0.25, 0.3) is 6.08 Å². The molecular formula is C9H2F5NaO2. The van der Waals surface area contributed by atoms with Crippen molar-refractivity contribution in [3.8, 4) is 0 Å². The molecule has 0 aromatic heterocycles. The number of hydrogen-bond donors (Lipinski definition) is 0. The van der Waals surface area contributed by atoms with Crippen molar-refractivity contribution < 1.29 is 61.4 Å². The third-order valence-corrected chi connectivity index (χ3v) is 1.63. The van der Waals surface area contributed by atoms with Crippen molar-refractivity contribution in [3.63, 3.8) is 0 Å². The zero-order valence-corrected chi connectivity index (χ0v) is 10.4. The van der Waals surface area contributed by atoms with E-state index in [9.17, 15) is 31.9 Å². The molecule has 0 fully saturated rings. The maximum Gasteiger partial charge on any atom is 1.00 e. The number of carbonyl (C=O) groups is 1. The van der Waals surface area contributed by atoms with Crippen molar-refractivity contribution in [3.05, 3.63) is 40.7 Å². The normalized spacial score (nSPS) is 10.4. The molecule has 0 unspecified atom stereocenters. The second-order valence-electron chi connectivity index (χ2n) is 2.64. The Kier molecular flexibility index (Phi) is 5.80. The monoisotopic (exact) mass is 260 g/mol. The standard InChI is InChI=1S/C9H3F5O2.Na/c10-5-3(1-2-4(15)16)6(11)8(13)9(14)7(5)12;/h1-2H,(H,15,16);/q;+1/p-1/b2-1+;. The van der Waals surface area contributed by atoms with Gasteiger partial charge < -0.3 is 9.90 Å². The third kappa shape index (κ3) is 3.27. The number of benzene rings is 1. The van der Waals surface area contributed by atoms with E-state index in [-0.39, 0.29) is 41.7 Å². The summed E-state index contributed by atoms with van der Waals surface area (Å²) in [4.78, 5) is 9.93. The van der Waals surface area contributed by atoms with E-state index in [0.717, 1.165) is 0 Å². The Balaban J connectivity index is 0.00000256. The van der Waals surface area contributed by atoms with E-state index in [4.69, 9.17) is 0 Å². The van der Waals surface area contributed by atoms with Crippen LogP contribution in [0.2, 0.25) is 0 Å². The number of rotatable bonds is 2. The molecule has 0 spiro atoms. The van der Waals surface area contributed by atoms with Gasteiger partial charge in [0.15, 0.2) is 23.3 Å². The van der Waals surface area contributed by atoms with Gasteiger partial charge in [-0.15, -0.1) is 0 Å². The zero-order chi connectivity index (χ0) is 12.5. The largest absolute Gasteiger partial charge is 1.00 e. The number of hydrogen-bond acceptors (Lipinski definition) is 2. The summed E-state index contributed by atoms with van der Waals surface area (Å²) in [6.07, 6.45) is 0.379. The molecule has 0 atom stereocenters. The van der Waals surface area contributed by atoms with Gasteiger partial charge in [0.1, 0.15) is 0 Å². The minimum absolute atomic E-state index is 0. The van der Waals surface area contributed by atoms with Crippen LogP contribution in [-0.4, -0.2) is 5.97 Å². The number of carboxylic acids is 1. The van der Waals surface area contributed by atoms with Crippen molar-refractivity contribution in [2.45, 2.75) is 0 Å². The molecule has 0 heterocycles. The van der Waals surface area contributed by atoms with Gasteiger partial charge in [-0.1, -0.05) is 0 Å². The van der Waals surface area contributed by atoms with E-state index in [0.29, 0.717) is 0 Å². The van der Waals surface area contributed by atoms with Crippen LogP contribution in [0.1, 0.15) is 5.56 Å². The van der Waals surface area contributed by atoms with E-state index in [1.807, 2.05) is 0 Å². The van der Waals surface area contributed by atoms with Crippen LogP contribution in [0, 0.1) is 29.1 Å². The van der Waals surface area contributed by atoms with E-state index in [2.05, 4.69) is 0 Å². The fraction of sp³-hybridized carbons (Fsp3) is 0. The van der Waals surface area contributed by atoms with Crippen LogP contribution in [0.3, 0.4) is 0 Å². The van der Waals surface area contributed by atoms with Gasteiger partial charge in [0.2, 0.25) is 5.82 Å². The summed E-state index contributed by atoms with van der Waals surface area (Å²) in [6, 6.07) is 0. The predicted molar refractivity (Wildman–Crippen MR) is 40.3 cm³/mol. The fourth-order valence-electron chi connectivity index (χ4n) is 0.920. The quantitative estimate of drug-likeness (QED) is 0.206. The van der Waals surface area contributed by atoms with Gasteiger partial charge in [-0.25, -0.2) is 22.0 Å². The summed E-state index contributed by atoms with van der Waals surface area (Å²) in [5.41, 5.74) is -1.33. The minimum Gasteiger partial charge on any atom is -0.545 e. The topological polar surface area (TPSA) is 40.1 Å². The maximum absolute atomic E-state index is 12.9. The molecule has 2 nitrogen and oxygen atoms in total. The molecule has 0 aliphatic heterocycles. The van der Waals surface area contributed by atoms with Gasteiger partial charge in [-0.3, -0.25) is 0 Å². The Labute approximate surface area is 114 Å². The van der Waals surface area contributed by atoms with E-state index in [1.54, 1.807) is 0 Å². The van der Waals surface area contributed by atoms with E-state index in [1.165, 1.54) is 0 Å². The SMILES string of the molecule is O=C([O-])/C=C/c1c(F)c(F)c(F)c(F)c1F.[Na+]. The third-order valence-electron chi connectivity index (χ3n) is 1.63. The molecular weight excluding hydrogens is 258 g/mol. The molecule has 1 aromatic rings. The van der Waals surface area contributed by atoms with Gasteiger partial charge in [-0.2, -0.15) is 0 Å². The van der Waals surface area contributed by atoms with Crippen LogP contribution in [0.5, 0.6) is 0 Å². The molecule has 0 saturated carbocycles. The molecule has 0 amide bonds. The number of aliphatic carboxylic acids is 1. The van der Waals surface area contributed by atoms with E-state index < -0.39 is 40.6 Å². The van der Waals surface area contributed by atoms with Crippen LogP contribution < -0.4 is 34.7 Å². The van der Waals surface area contributed by atoms with Crippen molar-refractivity contribution in [1.29, 1.82) is 0 Å². The Bertz CT molecular complexity index is 458. The summed E-state index contributed by atoms with van der Waals surface area (Å²) in [5.74, 6) is -12.6. The van der Waals surface area contributed by atoms with Crippen LogP contribution in [0.4, 0.5) is 22.0 Å². The van der Waals surface area contributed by atoms with Crippen LogP contribution >= 0.6 is 0 Å². The molecule has 0 aliphatic rings. The van der Waals surface area contributed by atoms with Crippen LogP contribution in [0.15, 0.2) is 6.08 Å². The Hall–Kier alpha value is -0.920. The van der Waals surface area contributed by atoms with Crippen molar-refractivity contribution in [2.75, 3.05) is 0 Å². The predicted octanol–water partition coefficient (Wildman–Crippen LogP) is -1.85. The number of carboxylic acid groups (broad SMARTS) is 1. The smallest absolute Gasteiger partial charge is 0.545 e. The summed E-state index contributed by atoms with van der Waals surface area (Å²) in [5, 5.41) is 9.93. The summed E-state index contributed by atoms with van der Waals surface area (Å²) in [7, 11) is 0. The molecule has 0 N–H and O–H groups in total.